The van der Waals surface area contributed by atoms with Crippen molar-refractivity contribution in [2.45, 2.75) is 65.5 Å². The summed E-state index contributed by atoms with van der Waals surface area (Å²) in [6.07, 6.45) is 1.81. The number of rotatable bonds is 5. The minimum atomic E-state index is -0.719. The van der Waals surface area contributed by atoms with Gasteiger partial charge >= 0.3 is 0 Å². The minimum absolute atomic E-state index is 0.0295. The normalized spacial score (nSPS) is 15.0. The average Bonchev–Trinajstić information content (AvgIpc) is 2.72. The van der Waals surface area contributed by atoms with Crippen LogP contribution in [0, 0.1) is 0 Å². The van der Waals surface area contributed by atoms with E-state index >= 15 is 0 Å². The Bertz CT molecular complexity index is 399. The van der Waals surface area contributed by atoms with Crippen molar-refractivity contribution in [1.29, 1.82) is 0 Å². The van der Waals surface area contributed by atoms with Crippen LogP contribution in [0.4, 0.5) is 0 Å². The highest BCUT2D eigenvalue weighted by molar-refractivity contribution is 5.07. The molecule has 0 bridgehead atoms. The molecule has 0 aromatic carbocycles. The molecule has 4 heteroatoms. The molecule has 0 aliphatic heterocycles. The largest absolute Gasteiger partial charge is 0.443 e. The summed E-state index contributed by atoms with van der Waals surface area (Å²) in [4.78, 5) is 6.56. The Morgan fingerprint density at radius 2 is 1.89 bits per heavy atom. The SMILES string of the molecule is CCN(CC(C)(C)O)C(C)c1ncc(C(C)(C)C)o1. The molecule has 1 N–H and O–H groups in total. The van der Waals surface area contributed by atoms with Gasteiger partial charge in [0.1, 0.15) is 5.76 Å². The molecule has 19 heavy (non-hydrogen) atoms. The smallest absolute Gasteiger partial charge is 0.211 e. The maximum Gasteiger partial charge on any atom is 0.211 e. The van der Waals surface area contributed by atoms with Crippen LogP contribution >= 0.6 is 0 Å². The van der Waals surface area contributed by atoms with Crippen molar-refractivity contribution in [3.05, 3.63) is 17.8 Å². The summed E-state index contributed by atoms with van der Waals surface area (Å²) in [6, 6.07) is 0.0625. The van der Waals surface area contributed by atoms with E-state index < -0.39 is 5.60 Å². The zero-order valence-corrected chi connectivity index (χ0v) is 13.3. The summed E-state index contributed by atoms with van der Waals surface area (Å²) in [5, 5.41) is 9.96. The van der Waals surface area contributed by atoms with Crippen molar-refractivity contribution >= 4 is 0 Å². The van der Waals surface area contributed by atoms with Gasteiger partial charge in [-0.05, 0) is 27.3 Å². The first-order valence-electron chi connectivity index (χ1n) is 6.97. The third-order valence-electron chi connectivity index (χ3n) is 3.16. The van der Waals surface area contributed by atoms with Gasteiger partial charge in [0.25, 0.3) is 0 Å². The second-order valence-electron chi connectivity index (χ2n) is 6.86. The molecule has 0 radical (unpaired) electrons. The lowest BCUT2D eigenvalue weighted by Crippen LogP contribution is -2.40. The molecule has 0 aliphatic rings. The van der Waals surface area contributed by atoms with Crippen molar-refractivity contribution in [2.24, 2.45) is 0 Å². The molecule has 4 nitrogen and oxygen atoms in total. The third-order valence-corrected chi connectivity index (χ3v) is 3.16. The van der Waals surface area contributed by atoms with Gasteiger partial charge in [-0.2, -0.15) is 0 Å². The molecule has 0 saturated carbocycles. The monoisotopic (exact) mass is 268 g/mol. The average molecular weight is 268 g/mol. The van der Waals surface area contributed by atoms with E-state index in [1.807, 2.05) is 20.0 Å². The predicted molar refractivity (Wildman–Crippen MR) is 77.2 cm³/mol. The molecule has 0 aliphatic carbocycles. The van der Waals surface area contributed by atoms with Crippen molar-refractivity contribution in [3.63, 3.8) is 0 Å². The molecule has 0 fully saturated rings. The lowest BCUT2D eigenvalue weighted by atomic mass is 9.94. The Hall–Kier alpha value is -0.870. The highest BCUT2D eigenvalue weighted by Crippen LogP contribution is 2.27. The maximum atomic E-state index is 9.96. The van der Waals surface area contributed by atoms with Crippen LogP contribution in [0.5, 0.6) is 0 Å². The number of hydrogen-bond donors (Lipinski definition) is 1. The number of aromatic nitrogens is 1. The van der Waals surface area contributed by atoms with Gasteiger partial charge in [-0.3, -0.25) is 4.90 Å². The molecule has 1 aromatic heterocycles. The van der Waals surface area contributed by atoms with E-state index in [9.17, 15) is 5.11 Å². The summed E-state index contributed by atoms with van der Waals surface area (Å²) in [5.74, 6) is 1.62. The van der Waals surface area contributed by atoms with Crippen LogP contribution < -0.4 is 0 Å². The Morgan fingerprint density at radius 1 is 1.32 bits per heavy atom. The molecule has 1 heterocycles. The van der Waals surface area contributed by atoms with Crippen molar-refractivity contribution in [3.8, 4) is 0 Å². The van der Waals surface area contributed by atoms with E-state index in [1.54, 1.807) is 0 Å². The summed E-state index contributed by atoms with van der Waals surface area (Å²) < 4.78 is 5.87. The standard InChI is InChI=1S/C15H28N2O2/c1-8-17(10-15(6,7)18)11(2)13-16-9-12(19-13)14(3,4)5/h9,11,18H,8,10H2,1-7H3. The fraction of sp³-hybridized carbons (Fsp3) is 0.800. The zero-order valence-electron chi connectivity index (χ0n) is 13.3. The van der Waals surface area contributed by atoms with E-state index in [0.717, 1.165) is 18.2 Å². The first kappa shape index (κ1) is 16.2. The van der Waals surface area contributed by atoms with Gasteiger partial charge in [-0.1, -0.05) is 27.7 Å². The summed E-state index contributed by atoms with van der Waals surface area (Å²) in [6.45, 7) is 15.5. The molecule has 0 amide bonds. The lowest BCUT2D eigenvalue weighted by molar-refractivity contribution is 0.0206. The Morgan fingerprint density at radius 3 is 2.26 bits per heavy atom. The highest BCUT2D eigenvalue weighted by atomic mass is 16.4. The summed E-state index contributed by atoms with van der Waals surface area (Å²) in [7, 11) is 0. The Labute approximate surface area is 116 Å². The zero-order chi connectivity index (χ0) is 14.8. The van der Waals surface area contributed by atoms with Gasteiger partial charge in [0, 0.05) is 12.0 Å². The lowest BCUT2D eigenvalue weighted by Gasteiger charge is -2.31. The predicted octanol–water partition coefficient (Wildman–Crippen LogP) is 3.13. The first-order chi connectivity index (χ1) is 8.54. The molecule has 1 rings (SSSR count). The Balaban J connectivity index is 2.86. The number of hydrogen-bond acceptors (Lipinski definition) is 4. The molecule has 1 aromatic rings. The number of nitrogens with zero attached hydrogens (tertiary/aromatic N) is 2. The third kappa shape index (κ3) is 4.62. The fourth-order valence-corrected chi connectivity index (χ4v) is 2.00. The molecule has 0 spiro atoms. The maximum absolute atomic E-state index is 9.96. The topological polar surface area (TPSA) is 49.5 Å². The minimum Gasteiger partial charge on any atom is -0.443 e. The van der Waals surface area contributed by atoms with Crippen molar-refractivity contribution in [2.75, 3.05) is 13.1 Å². The van der Waals surface area contributed by atoms with Gasteiger partial charge in [0.05, 0.1) is 17.8 Å². The molecule has 110 valence electrons. The van der Waals surface area contributed by atoms with Gasteiger partial charge in [0.2, 0.25) is 5.89 Å². The number of aliphatic hydroxyl groups is 1. The molecular weight excluding hydrogens is 240 g/mol. The van der Waals surface area contributed by atoms with Crippen LogP contribution in [0.1, 0.15) is 66.2 Å². The van der Waals surface area contributed by atoms with Crippen LogP contribution in [-0.4, -0.2) is 33.7 Å². The van der Waals surface area contributed by atoms with E-state index in [4.69, 9.17) is 4.42 Å². The molecule has 0 saturated heterocycles. The first-order valence-corrected chi connectivity index (χ1v) is 6.97. The van der Waals surface area contributed by atoms with E-state index in [2.05, 4.69) is 44.5 Å². The van der Waals surface area contributed by atoms with E-state index in [0.29, 0.717) is 6.54 Å². The quantitative estimate of drug-likeness (QED) is 0.891. The summed E-state index contributed by atoms with van der Waals surface area (Å²) >= 11 is 0. The molecular formula is C15H28N2O2. The highest BCUT2D eigenvalue weighted by Gasteiger charge is 2.26. The van der Waals surface area contributed by atoms with Gasteiger partial charge < -0.3 is 9.52 Å². The van der Waals surface area contributed by atoms with Crippen molar-refractivity contribution in [1.82, 2.24) is 9.88 Å². The van der Waals surface area contributed by atoms with Crippen LogP contribution in [0.2, 0.25) is 0 Å². The second-order valence-corrected chi connectivity index (χ2v) is 6.86. The number of likely N-dealkylation sites (N-methyl/N-ethyl adjacent to an activating group) is 1. The van der Waals surface area contributed by atoms with Crippen LogP contribution in [0.3, 0.4) is 0 Å². The fourth-order valence-electron chi connectivity index (χ4n) is 2.00. The van der Waals surface area contributed by atoms with Crippen LogP contribution in [0.15, 0.2) is 10.6 Å². The molecule has 1 atom stereocenters. The van der Waals surface area contributed by atoms with Gasteiger partial charge in [0.15, 0.2) is 0 Å². The summed E-state index contributed by atoms with van der Waals surface area (Å²) in [5.41, 5.74) is -0.748. The van der Waals surface area contributed by atoms with Crippen LogP contribution in [-0.2, 0) is 5.41 Å². The van der Waals surface area contributed by atoms with Gasteiger partial charge in [-0.25, -0.2) is 4.98 Å². The van der Waals surface area contributed by atoms with Crippen molar-refractivity contribution < 1.29 is 9.52 Å². The van der Waals surface area contributed by atoms with Gasteiger partial charge in [-0.15, -0.1) is 0 Å². The Kier molecular flexibility index (Phi) is 4.80. The molecule has 1 unspecified atom stereocenters. The second kappa shape index (κ2) is 5.63. The van der Waals surface area contributed by atoms with Crippen LogP contribution in [0.25, 0.3) is 0 Å². The van der Waals surface area contributed by atoms with E-state index in [-0.39, 0.29) is 11.5 Å². The number of oxazole rings is 1. The van der Waals surface area contributed by atoms with E-state index in [1.165, 1.54) is 0 Å².